The van der Waals surface area contributed by atoms with E-state index in [0.717, 1.165) is 28.8 Å². The molecule has 1 aliphatic heterocycles. The number of fused-ring (bicyclic) bond motifs is 2. The molecule has 2 heteroatoms. The van der Waals surface area contributed by atoms with Crippen LogP contribution < -0.4 is 0 Å². The molecule has 0 N–H and O–H groups in total. The number of aliphatic imine (C=N–C) groups is 1. The van der Waals surface area contributed by atoms with Gasteiger partial charge >= 0.3 is 0 Å². The van der Waals surface area contributed by atoms with Gasteiger partial charge in [0.25, 0.3) is 0 Å². The Balaban J connectivity index is 2.22. The van der Waals surface area contributed by atoms with E-state index >= 15 is 0 Å². The summed E-state index contributed by atoms with van der Waals surface area (Å²) in [4.78, 5) is 16.2. The maximum atomic E-state index is 11.7. The molecule has 1 heterocycles. The lowest BCUT2D eigenvalue weighted by molar-refractivity contribution is 0.101. The summed E-state index contributed by atoms with van der Waals surface area (Å²) in [6.45, 7) is 1.61. The van der Waals surface area contributed by atoms with Gasteiger partial charge in [-0.05, 0) is 29.7 Å². The van der Waals surface area contributed by atoms with Crippen molar-refractivity contribution >= 4 is 17.7 Å². The molecule has 18 heavy (non-hydrogen) atoms. The third-order valence-electron chi connectivity index (χ3n) is 3.29. The molecule has 0 saturated heterocycles. The highest BCUT2D eigenvalue weighted by Gasteiger charge is 2.15. The van der Waals surface area contributed by atoms with Gasteiger partial charge in [-0.1, -0.05) is 36.4 Å². The van der Waals surface area contributed by atoms with Gasteiger partial charge in [0.1, 0.15) is 0 Å². The number of hydrogen-bond acceptors (Lipinski definition) is 2. The van der Waals surface area contributed by atoms with Crippen LogP contribution in [0.2, 0.25) is 0 Å². The van der Waals surface area contributed by atoms with Gasteiger partial charge in [-0.3, -0.25) is 9.79 Å². The Morgan fingerprint density at radius 3 is 2.78 bits per heavy atom. The van der Waals surface area contributed by atoms with Gasteiger partial charge in [0, 0.05) is 18.2 Å². The molecular formula is C16H13NO. The molecule has 0 aromatic heterocycles. The molecule has 2 aromatic carbocycles. The molecular weight excluding hydrogens is 222 g/mol. The number of hydrogen-bond donors (Lipinski definition) is 0. The van der Waals surface area contributed by atoms with E-state index in [0.29, 0.717) is 0 Å². The molecule has 0 fully saturated rings. The van der Waals surface area contributed by atoms with Gasteiger partial charge in [-0.2, -0.15) is 0 Å². The molecule has 88 valence electrons. The van der Waals surface area contributed by atoms with Crippen molar-refractivity contribution in [1.82, 2.24) is 0 Å². The number of benzene rings is 2. The molecule has 0 spiro atoms. The van der Waals surface area contributed by atoms with Crippen LogP contribution in [0, 0.1) is 0 Å². The Labute approximate surface area is 106 Å². The topological polar surface area (TPSA) is 29.4 Å². The lowest BCUT2D eigenvalue weighted by atomic mass is 9.94. The summed E-state index contributed by atoms with van der Waals surface area (Å²) in [5.41, 5.74) is 5.08. The summed E-state index contributed by atoms with van der Waals surface area (Å²) in [5.74, 6) is 0.111. The first-order chi connectivity index (χ1) is 8.75. The van der Waals surface area contributed by atoms with Crippen LogP contribution in [0.15, 0.2) is 47.5 Å². The molecule has 1 aliphatic rings. The Morgan fingerprint density at radius 1 is 1.11 bits per heavy atom. The monoisotopic (exact) mass is 235 g/mol. The van der Waals surface area contributed by atoms with Crippen molar-refractivity contribution in [2.45, 2.75) is 13.3 Å². The van der Waals surface area contributed by atoms with E-state index in [1.54, 1.807) is 6.92 Å². The second-order valence-corrected chi connectivity index (χ2v) is 4.49. The Bertz CT molecular complexity index is 656. The lowest BCUT2D eigenvalue weighted by Crippen LogP contribution is -2.03. The minimum atomic E-state index is 0.111. The van der Waals surface area contributed by atoms with Crippen LogP contribution in [0.1, 0.15) is 34.0 Å². The number of rotatable bonds is 1. The van der Waals surface area contributed by atoms with Crippen LogP contribution in [-0.2, 0) is 6.42 Å². The van der Waals surface area contributed by atoms with Crippen molar-refractivity contribution < 1.29 is 4.79 Å². The molecule has 2 aromatic rings. The second kappa shape index (κ2) is 4.22. The zero-order valence-electron chi connectivity index (χ0n) is 10.2. The minimum absolute atomic E-state index is 0.111. The standard InChI is InChI=1S/C16H13NO/c1-11(18)14-7-4-6-13-10-17-16-8-3-2-5-12(16)9-15(13)14/h2-8,10H,9H2,1H3. The van der Waals surface area contributed by atoms with Gasteiger partial charge in [0.05, 0.1) is 5.69 Å². The average Bonchev–Trinajstić information content (AvgIpc) is 2.57. The highest BCUT2D eigenvalue weighted by molar-refractivity contribution is 5.99. The largest absolute Gasteiger partial charge is 0.295 e. The van der Waals surface area contributed by atoms with Crippen molar-refractivity contribution in [3.8, 4) is 0 Å². The smallest absolute Gasteiger partial charge is 0.160 e. The number of nitrogens with zero attached hydrogens (tertiary/aromatic N) is 1. The fraction of sp³-hybridized carbons (Fsp3) is 0.125. The summed E-state index contributed by atoms with van der Waals surface area (Å²) in [5, 5.41) is 0. The fourth-order valence-corrected chi connectivity index (χ4v) is 2.37. The Kier molecular flexibility index (Phi) is 2.56. The maximum absolute atomic E-state index is 11.7. The second-order valence-electron chi connectivity index (χ2n) is 4.49. The molecule has 0 saturated carbocycles. The van der Waals surface area contributed by atoms with E-state index < -0.39 is 0 Å². The van der Waals surface area contributed by atoms with E-state index in [1.807, 2.05) is 42.6 Å². The third kappa shape index (κ3) is 1.76. The van der Waals surface area contributed by atoms with Gasteiger partial charge in [-0.15, -0.1) is 0 Å². The maximum Gasteiger partial charge on any atom is 0.160 e. The Morgan fingerprint density at radius 2 is 1.94 bits per heavy atom. The first-order valence-corrected chi connectivity index (χ1v) is 6.00. The van der Waals surface area contributed by atoms with E-state index in [9.17, 15) is 4.79 Å². The summed E-state index contributed by atoms with van der Waals surface area (Å²) in [6.07, 6.45) is 2.62. The quantitative estimate of drug-likeness (QED) is 0.593. The van der Waals surface area contributed by atoms with Crippen LogP contribution >= 0.6 is 0 Å². The lowest BCUT2D eigenvalue weighted by Gasteiger charge is -2.09. The number of para-hydroxylation sites is 1. The third-order valence-corrected chi connectivity index (χ3v) is 3.29. The number of ketones is 1. The highest BCUT2D eigenvalue weighted by Crippen LogP contribution is 2.28. The first kappa shape index (κ1) is 10.9. The van der Waals surface area contributed by atoms with Crippen LogP contribution in [0.4, 0.5) is 5.69 Å². The summed E-state index contributed by atoms with van der Waals surface area (Å²) in [7, 11) is 0. The normalized spacial score (nSPS) is 12.5. The van der Waals surface area contributed by atoms with Crippen molar-refractivity contribution in [1.29, 1.82) is 0 Å². The van der Waals surface area contributed by atoms with Crippen LogP contribution in [-0.4, -0.2) is 12.0 Å². The van der Waals surface area contributed by atoms with Gasteiger partial charge in [0.15, 0.2) is 5.78 Å². The predicted molar refractivity (Wildman–Crippen MR) is 72.9 cm³/mol. The zero-order chi connectivity index (χ0) is 12.5. The molecule has 0 bridgehead atoms. The van der Waals surface area contributed by atoms with Crippen LogP contribution in [0.3, 0.4) is 0 Å². The molecule has 2 nitrogen and oxygen atoms in total. The van der Waals surface area contributed by atoms with E-state index in [1.165, 1.54) is 5.56 Å². The number of carbonyl (C=O) groups is 1. The molecule has 3 rings (SSSR count). The summed E-state index contributed by atoms with van der Waals surface area (Å²) < 4.78 is 0. The Hall–Kier alpha value is -2.22. The first-order valence-electron chi connectivity index (χ1n) is 6.00. The molecule has 0 atom stereocenters. The van der Waals surface area contributed by atoms with Crippen LogP contribution in [0.25, 0.3) is 0 Å². The number of Topliss-reactive ketones (excluding diaryl/α,β-unsaturated/α-hetero) is 1. The minimum Gasteiger partial charge on any atom is -0.295 e. The van der Waals surface area contributed by atoms with E-state index in [4.69, 9.17) is 0 Å². The summed E-state index contributed by atoms with van der Waals surface area (Å²) in [6, 6.07) is 13.9. The summed E-state index contributed by atoms with van der Waals surface area (Å²) >= 11 is 0. The van der Waals surface area contributed by atoms with Crippen molar-refractivity contribution in [3.05, 3.63) is 64.7 Å². The zero-order valence-corrected chi connectivity index (χ0v) is 10.2. The van der Waals surface area contributed by atoms with E-state index in [-0.39, 0.29) is 5.78 Å². The number of carbonyl (C=O) groups excluding carboxylic acids is 1. The van der Waals surface area contributed by atoms with Crippen molar-refractivity contribution in [2.75, 3.05) is 0 Å². The van der Waals surface area contributed by atoms with Crippen molar-refractivity contribution in [2.24, 2.45) is 4.99 Å². The average molecular weight is 235 g/mol. The van der Waals surface area contributed by atoms with Gasteiger partial charge in [0.2, 0.25) is 0 Å². The predicted octanol–water partition coefficient (Wildman–Crippen LogP) is 3.54. The van der Waals surface area contributed by atoms with Crippen LogP contribution in [0.5, 0.6) is 0 Å². The van der Waals surface area contributed by atoms with Gasteiger partial charge < -0.3 is 0 Å². The SMILES string of the molecule is CC(=O)c1cccc2c1Cc1ccccc1N=C2. The van der Waals surface area contributed by atoms with Crippen molar-refractivity contribution in [3.63, 3.8) is 0 Å². The fourth-order valence-electron chi connectivity index (χ4n) is 2.37. The van der Waals surface area contributed by atoms with Gasteiger partial charge in [-0.25, -0.2) is 0 Å². The molecule has 0 amide bonds. The van der Waals surface area contributed by atoms with E-state index in [2.05, 4.69) is 11.1 Å². The molecule has 0 radical (unpaired) electrons. The molecule has 0 unspecified atom stereocenters. The molecule has 0 aliphatic carbocycles. The highest BCUT2D eigenvalue weighted by atomic mass is 16.1.